The maximum atomic E-state index is 6.37. The van der Waals surface area contributed by atoms with Crippen LogP contribution in [0.3, 0.4) is 0 Å². The molecule has 6 aromatic rings. The van der Waals surface area contributed by atoms with Crippen LogP contribution >= 0.6 is 20.7 Å². The molecule has 0 bridgehead atoms. The molecule has 0 aliphatic carbocycles. The van der Waals surface area contributed by atoms with Crippen LogP contribution < -0.4 is 0 Å². The summed E-state index contributed by atoms with van der Waals surface area (Å²) < 4.78 is 17.1. The Hall–Kier alpha value is -3.44. The second kappa shape index (κ2) is 7.29. The summed E-state index contributed by atoms with van der Waals surface area (Å²) in [4.78, 5) is 0. The minimum atomic E-state index is -0.0662. The van der Waals surface area contributed by atoms with E-state index < -0.39 is 0 Å². The predicted octanol–water partition coefficient (Wildman–Crippen LogP) is 9.14. The van der Waals surface area contributed by atoms with Crippen molar-refractivity contribution in [2.45, 2.75) is 6.92 Å². The second-order valence-electron chi connectivity index (χ2n) is 8.49. The molecule has 1 aliphatic rings. The van der Waals surface area contributed by atoms with Crippen LogP contribution in [0, 0.1) is 6.92 Å². The second-order valence-corrected chi connectivity index (χ2v) is 10.5. The minimum absolute atomic E-state index is 0.0662. The van der Waals surface area contributed by atoms with Gasteiger partial charge >= 0.3 is 0 Å². The predicted molar refractivity (Wildman–Crippen MR) is 148 cm³/mol. The molecule has 33 heavy (non-hydrogen) atoms. The molecule has 0 atom stereocenters. The van der Waals surface area contributed by atoms with Crippen LogP contribution in [0.25, 0.3) is 60.6 Å². The first kappa shape index (κ1) is 19.1. The first-order valence-corrected chi connectivity index (χ1v) is 13.4. The van der Waals surface area contributed by atoms with E-state index in [-0.39, 0.29) is 20.7 Å². The molecule has 3 heteroatoms. The zero-order valence-electron chi connectivity index (χ0n) is 17.9. The van der Waals surface area contributed by atoms with E-state index in [0.717, 1.165) is 44.1 Å². The number of allylic oxidation sites excluding steroid dienone is 3. The Balaban J connectivity index is 1.53. The van der Waals surface area contributed by atoms with Gasteiger partial charge in [-0.1, -0.05) is 68.8 Å². The lowest BCUT2D eigenvalue weighted by atomic mass is 9.95. The molecule has 7 rings (SSSR count). The van der Waals surface area contributed by atoms with E-state index in [4.69, 9.17) is 8.83 Å². The summed E-state index contributed by atoms with van der Waals surface area (Å²) in [7, 11) is 0. The van der Waals surface area contributed by atoms with Crippen molar-refractivity contribution >= 4 is 74.2 Å². The Labute approximate surface area is 200 Å². The summed E-state index contributed by atoms with van der Waals surface area (Å²) in [6.07, 6.45) is 4.38. The monoisotopic (exact) mass is 538 g/mol. The molecule has 4 aromatic carbocycles. The number of furan rings is 2. The number of hydrogen-bond acceptors (Lipinski definition) is 2. The first-order chi connectivity index (χ1) is 16.2. The maximum Gasteiger partial charge on any atom is 0.143 e. The SMILES string of the molecule is Cc1ccc2oc3ccc(-c4cc(C5=CI=CC=C5)c5oc6ccccc6c5c4)cc3c2c1. The van der Waals surface area contributed by atoms with E-state index in [2.05, 4.69) is 93.9 Å². The summed E-state index contributed by atoms with van der Waals surface area (Å²) in [5, 5.41) is 4.64. The third-order valence-electron chi connectivity index (χ3n) is 6.35. The number of hydrogen-bond donors (Lipinski definition) is 0. The number of rotatable bonds is 2. The molecule has 0 fully saturated rings. The van der Waals surface area contributed by atoms with Crippen molar-refractivity contribution in [1.29, 1.82) is 0 Å². The Morgan fingerprint density at radius 1 is 0.667 bits per heavy atom. The van der Waals surface area contributed by atoms with Crippen LogP contribution in [0.2, 0.25) is 0 Å². The Morgan fingerprint density at radius 3 is 2.33 bits per heavy atom. The zero-order valence-corrected chi connectivity index (χ0v) is 20.1. The molecule has 0 N–H and O–H groups in total. The van der Waals surface area contributed by atoms with Gasteiger partial charge in [-0.3, -0.25) is 0 Å². The quantitative estimate of drug-likeness (QED) is 0.206. The van der Waals surface area contributed by atoms with E-state index >= 15 is 0 Å². The third kappa shape index (κ3) is 3.03. The fourth-order valence-corrected chi connectivity index (χ4v) is 6.34. The smallest absolute Gasteiger partial charge is 0.143 e. The van der Waals surface area contributed by atoms with Gasteiger partial charge in [0.2, 0.25) is 0 Å². The van der Waals surface area contributed by atoms with Crippen molar-refractivity contribution in [3.05, 3.63) is 100 Å². The van der Waals surface area contributed by atoms with Gasteiger partial charge in [0, 0.05) is 27.1 Å². The van der Waals surface area contributed by atoms with Crippen LogP contribution in [0.4, 0.5) is 0 Å². The third-order valence-corrected chi connectivity index (χ3v) is 8.21. The molecule has 1 aliphatic heterocycles. The van der Waals surface area contributed by atoms with Crippen molar-refractivity contribution in [3.8, 4) is 11.1 Å². The maximum absolute atomic E-state index is 6.37. The summed E-state index contributed by atoms with van der Waals surface area (Å²) in [6, 6.07) is 25.8. The number of aryl methyl sites for hydroxylation is 1. The molecule has 0 saturated carbocycles. The molecule has 0 radical (unpaired) electrons. The van der Waals surface area contributed by atoms with Crippen LogP contribution in [-0.4, -0.2) is 4.01 Å². The lowest BCUT2D eigenvalue weighted by Crippen LogP contribution is -1.87. The van der Waals surface area contributed by atoms with Gasteiger partial charge in [0.15, 0.2) is 0 Å². The van der Waals surface area contributed by atoms with Crippen molar-refractivity contribution in [2.75, 3.05) is 0 Å². The molecule has 158 valence electrons. The summed E-state index contributed by atoms with van der Waals surface area (Å²) >= 11 is -0.0662. The molecule has 2 nitrogen and oxygen atoms in total. The van der Waals surface area contributed by atoms with E-state index in [1.807, 2.05) is 6.07 Å². The Bertz CT molecular complexity index is 1830. The molecular formula is C30H19IO2. The van der Waals surface area contributed by atoms with E-state index in [1.54, 1.807) is 0 Å². The lowest BCUT2D eigenvalue weighted by Gasteiger charge is -2.09. The van der Waals surface area contributed by atoms with Crippen LogP contribution in [0.1, 0.15) is 11.1 Å². The largest absolute Gasteiger partial charge is 0.456 e. The highest BCUT2D eigenvalue weighted by Crippen LogP contribution is 2.40. The average molecular weight is 538 g/mol. The van der Waals surface area contributed by atoms with Crippen molar-refractivity contribution < 1.29 is 8.83 Å². The Kier molecular flexibility index (Phi) is 4.21. The van der Waals surface area contributed by atoms with E-state index in [9.17, 15) is 0 Å². The summed E-state index contributed by atoms with van der Waals surface area (Å²) in [5.41, 5.74) is 9.77. The number of halogens is 1. The van der Waals surface area contributed by atoms with E-state index in [1.165, 1.54) is 27.6 Å². The average Bonchev–Trinajstić information content (AvgIpc) is 3.41. The number of fused-ring (bicyclic) bond motifs is 6. The van der Waals surface area contributed by atoms with Gasteiger partial charge in [-0.05, 0) is 74.2 Å². The van der Waals surface area contributed by atoms with Gasteiger partial charge in [0.1, 0.15) is 22.3 Å². The van der Waals surface area contributed by atoms with Crippen molar-refractivity contribution in [2.24, 2.45) is 0 Å². The number of benzene rings is 4. The standard InChI is InChI=1S/C30H19IO2/c1-18-8-10-28-24(13-18)25-14-19(9-11-29(25)32-28)21-15-23(20-5-4-12-31-17-20)30-26(16-21)22-6-2-3-7-27(22)33-30/h2-17H,1H3. The van der Waals surface area contributed by atoms with Gasteiger partial charge in [0.25, 0.3) is 0 Å². The van der Waals surface area contributed by atoms with Crippen LogP contribution in [-0.2, 0) is 0 Å². The van der Waals surface area contributed by atoms with E-state index in [0.29, 0.717) is 0 Å². The van der Waals surface area contributed by atoms with Crippen molar-refractivity contribution in [3.63, 3.8) is 0 Å². The molecular weight excluding hydrogens is 519 g/mol. The first-order valence-electron chi connectivity index (χ1n) is 11.0. The van der Waals surface area contributed by atoms with Crippen LogP contribution in [0.15, 0.2) is 97.9 Å². The highest BCUT2D eigenvalue weighted by molar-refractivity contribution is 14.2. The van der Waals surface area contributed by atoms with Crippen LogP contribution in [0.5, 0.6) is 0 Å². The topological polar surface area (TPSA) is 26.3 Å². The molecule has 3 heterocycles. The fraction of sp³-hybridized carbons (Fsp3) is 0.0333. The van der Waals surface area contributed by atoms with Crippen molar-refractivity contribution in [1.82, 2.24) is 0 Å². The molecule has 0 saturated heterocycles. The molecule has 2 aromatic heterocycles. The molecule has 0 unspecified atom stereocenters. The lowest BCUT2D eigenvalue weighted by molar-refractivity contribution is 0.667. The highest BCUT2D eigenvalue weighted by atomic mass is 127. The highest BCUT2D eigenvalue weighted by Gasteiger charge is 2.16. The fourth-order valence-electron chi connectivity index (χ4n) is 4.75. The summed E-state index contributed by atoms with van der Waals surface area (Å²) in [6.45, 7) is 2.12. The zero-order chi connectivity index (χ0) is 21.9. The Morgan fingerprint density at radius 2 is 1.45 bits per heavy atom. The van der Waals surface area contributed by atoms with Gasteiger partial charge in [-0.15, -0.1) is 0 Å². The normalized spacial score (nSPS) is 13.8. The number of para-hydroxylation sites is 1. The molecule has 0 spiro atoms. The van der Waals surface area contributed by atoms with Gasteiger partial charge in [-0.25, -0.2) is 0 Å². The summed E-state index contributed by atoms with van der Waals surface area (Å²) in [5.74, 6) is 0. The molecule has 0 amide bonds. The minimum Gasteiger partial charge on any atom is -0.456 e. The van der Waals surface area contributed by atoms with Gasteiger partial charge in [0.05, 0.1) is 0 Å². The van der Waals surface area contributed by atoms with Gasteiger partial charge < -0.3 is 8.83 Å². The van der Waals surface area contributed by atoms with Gasteiger partial charge in [-0.2, -0.15) is 0 Å².